The molecule has 47 heavy (non-hydrogen) atoms. The molecule has 0 aliphatic heterocycles. The first-order valence-electron chi connectivity index (χ1n) is 14.1. The molecule has 5 aromatic heterocycles. The fourth-order valence-electron chi connectivity index (χ4n) is 6.31. The Bertz CT molecular complexity index is 2410. The Hall–Kier alpha value is -4.60. The minimum absolute atomic E-state index is 0.189. The Morgan fingerprint density at radius 2 is 1.19 bits per heavy atom. The van der Waals surface area contributed by atoms with Crippen LogP contribution in [0.3, 0.4) is 0 Å². The van der Waals surface area contributed by atoms with Crippen LogP contribution >= 0.6 is 56.7 Å². The van der Waals surface area contributed by atoms with Crippen molar-refractivity contribution in [2.45, 2.75) is 38.5 Å². The van der Waals surface area contributed by atoms with Crippen molar-refractivity contribution in [3.05, 3.63) is 44.6 Å². The summed E-state index contributed by atoms with van der Waals surface area (Å²) in [6.07, 6.45) is 2.26. The fraction of sp³-hybridized carbons (Fsp3) is 0.235. The Labute approximate surface area is 290 Å². The zero-order valence-corrected chi connectivity index (χ0v) is 29.9. The van der Waals surface area contributed by atoms with Crippen LogP contribution in [0.2, 0.25) is 0 Å². The van der Waals surface area contributed by atoms with E-state index in [1.807, 2.05) is 47.0 Å². The predicted octanol–water partition coefficient (Wildman–Crippen LogP) is 10.2. The Kier molecular flexibility index (Phi) is 7.26. The molecule has 0 bridgehead atoms. The highest BCUT2D eigenvalue weighted by Gasteiger charge is 2.45. The number of allylic oxidation sites excluding steroid dienone is 1. The molecule has 2 aliphatic rings. The van der Waals surface area contributed by atoms with Gasteiger partial charge in [0.1, 0.15) is 45.8 Å². The smallest absolute Gasteiger partial charge is 0.219 e. The summed E-state index contributed by atoms with van der Waals surface area (Å²) in [7, 11) is 3.24. The topological polar surface area (TPSA) is 138 Å². The summed E-state index contributed by atoms with van der Waals surface area (Å²) in [5.41, 5.74) is 4.18. The zero-order valence-electron chi connectivity index (χ0n) is 25.9. The average Bonchev–Trinajstić information content (AvgIpc) is 3.89. The molecule has 0 aromatic carbocycles. The minimum atomic E-state index is -0.320. The van der Waals surface area contributed by atoms with E-state index in [9.17, 15) is 21.0 Å². The summed E-state index contributed by atoms with van der Waals surface area (Å²) < 4.78 is 14.1. The summed E-state index contributed by atoms with van der Waals surface area (Å²) in [5, 5.41) is 37.9. The molecule has 0 amide bonds. The third-order valence-electron chi connectivity index (χ3n) is 8.51. The van der Waals surface area contributed by atoms with Crippen LogP contribution in [0.1, 0.15) is 54.1 Å². The number of ether oxygens (including phenoxy) is 2. The van der Waals surface area contributed by atoms with Crippen molar-refractivity contribution in [2.75, 3.05) is 14.2 Å². The molecule has 5 aromatic rings. The van der Waals surface area contributed by atoms with Crippen LogP contribution in [0.4, 0.5) is 10.0 Å². The van der Waals surface area contributed by atoms with Crippen molar-refractivity contribution >= 4 is 99.2 Å². The van der Waals surface area contributed by atoms with Gasteiger partial charge in [-0.15, -0.1) is 56.7 Å². The molecule has 2 aliphatic carbocycles. The van der Waals surface area contributed by atoms with Gasteiger partial charge in [0.15, 0.2) is 0 Å². The summed E-state index contributed by atoms with van der Waals surface area (Å²) in [6, 6.07) is 13.1. The molecule has 0 radical (unpaired) electrons. The second-order valence-electron chi connectivity index (χ2n) is 11.8. The first-order valence-corrected chi connectivity index (χ1v) is 18.2. The van der Waals surface area contributed by atoms with Gasteiger partial charge in [0.05, 0.1) is 38.3 Å². The SMILES string of the molecule is COc1cc(N=C(C#N)C#N)sc1C1=Cc2sc3c4c(sc3c2C1(C)C)-c1sc(-c2sc(N=C(C#N)C#N)cc2OC)cc1C4(C)C. The first-order chi connectivity index (χ1) is 22.5. The van der Waals surface area contributed by atoms with Crippen molar-refractivity contribution < 1.29 is 9.47 Å². The molecule has 13 heteroatoms. The lowest BCUT2D eigenvalue weighted by Gasteiger charge is -2.24. The summed E-state index contributed by atoms with van der Waals surface area (Å²) in [5.74, 6) is 1.34. The van der Waals surface area contributed by atoms with E-state index < -0.39 is 0 Å². The molecule has 0 unspecified atom stereocenters. The monoisotopic (exact) mass is 706 g/mol. The molecule has 0 atom stereocenters. The van der Waals surface area contributed by atoms with E-state index in [1.165, 1.54) is 63.4 Å². The molecule has 0 fully saturated rings. The average molecular weight is 707 g/mol. The van der Waals surface area contributed by atoms with Gasteiger partial charge in [0, 0.05) is 37.6 Å². The van der Waals surface area contributed by atoms with Crippen LogP contribution in [-0.2, 0) is 10.8 Å². The molecular formula is C34H22N6O2S5. The highest BCUT2D eigenvalue weighted by atomic mass is 32.1. The highest BCUT2D eigenvalue weighted by Crippen LogP contribution is 2.65. The van der Waals surface area contributed by atoms with Gasteiger partial charge >= 0.3 is 0 Å². The molecule has 0 N–H and O–H groups in total. The lowest BCUT2D eigenvalue weighted by atomic mass is 9.80. The quantitative estimate of drug-likeness (QED) is 0.161. The van der Waals surface area contributed by atoms with E-state index in [0.717, 1.165) is 20.2 Å². The van der Waals surface area contributed by atoms with E-state index in [-0.39, 0.29) is 22.3 Å². The highest BCUT2D eigenvalue weighted by molar-refractivity contribution is 7.33. The molecular weight excluding hydrogens is 685 g/mol. The standard InChI is InChI=1S/C34H22N6O2S5/c1-33(2)17(27-19(41-5)9-23(45-27)39-15(11-35)12-36)7-21-25(33)30-32(43-21)26-31(47-30)28-18(34(26,3)4)8-22(44-28)29-20(42-6)10-24(46-29)40-16(13-37)14-38/h7-10H,1-6H3. The van der Waals surface area contributed by atoms with Crippen molar-refractivity contribution in [1.29, 1.82) is 21.0 Å². The van der Waals surface area contributed by atoms with Crippen molar-refractivity contribution in [1.82, 2.24) is 0 Å². The third kappa shape index (κ3) is 4.51. The summed E-state index contributed by atoms with van der Waals surface area (Å²) in [6.45, 7) is 9.07. The van der Waals surface area contributed by atoms with E-state index >= 15 is 0 Å². The maximum absolute atomic E-state index is 9.22. The maximum Gasteiger partial charge on any atom is 0.219 e. The van der Waals surface area contributed by atoms with Crippen LogP contribution in [0, 0.1) is 45.3 Å². The number of nitrogens with zero attached hydrogens (tertiary/aromatic N) is 6. The predicted molar refractivity (Wildman–Crippen MR) is 193 cm³/mol. The summed E-state index contributed by atoms with van der Waals surface area (Å²) in [4.78, 5) is 15.2. The van der Waals surface area contributed by atoms with Crippen molar-refractivity contribution in [3.8, 4) is 55.3 Å². The van der Waals surface area contributed by atoms with Gasteiger partial charge in [-0.25, -0.2) is 9.98 Å². The Morgan fingerprint density at radius 1 is 0.638 bits per heavy atom. The Balaban J connectivity index is 1.32. The van der Waals surface area contributed by atoms with Crippen LogP contribution in [0.5, 0.6) is 11.5 Å². The summed E-state index contributed by atoms with van der Waals surface area (Å²) >= 11 is 8.27. The van der Waals surface area contributed by atoms with Gasteiger partial charge in [-0.05, 0) is 34.4 Å². The van der Waals surface area contributed by atoms with Gasteiger partial charge in [-0.2, -0.15) is 21.0 Å². The van der Waals surface area contributed by atoms with Crippen LogP contribution in [0.25, 0.3) is 40.6 Å². The van der Waals surface area contributed by atoms with E-state index in [2.05, 4.69) is 49.8 Å². The Morgan fingerprint density at radius 3 is 1.77 bits per heavy atom. The largest absolute Gasteiger partial charge is 0.495 e. The van der Waals surface area contributed by atoms with Gasteiger partial charge in [-0.1, -0.05) is 27.7 Å². The van der Waals surface area contributed by atoms with E-state index in [1.54, 1.807) is 37.7 Å². The van der Waals surface area contributed by atoms with Crippen LogP contribution < -0.4 is 9.47 Å². The van der Waals surface area contributed by atoms with Crippen LogP contribution in [0.15, 0.2) is 28.2 Å². The number of aliphatic imine (C=N–C) groups is 2. The normalized spacial score (nSPS) is 14.6. The number of fused-ring (bicyclic) bond motifs is 7. The molecule has 230 valence electrons. The molecule has 8 nitrogen and oxygen atoms in total. The minimum Gasteiger partial charge on any atom is -0.495 e. The van der Waals surface area contributed by atoms with Crippen molar-refractivity contribution in [3.63, 3.8) is 0 Å². The molecule has 0 saturated carbocycles. The van der Waals surface area contributed by atoms with Crippen molar-refractivity contribution in [2.24, 2.45) is 9.98 Å². The molecule has 7 rings (SSSR count). The van der Waals surface area contributed by atoms with Crippen LogP contribution in [-0.4, -0.2) is 25.6 Å². The first kappa shape index (κ1) is 31.0. The third-order valence-corrected chi connectivity index (χ3v) is 14.5. The number of hydrogen-bond donors (Lipinski definition) is 0. The number of thiophene rings is 5. The fourth-order valence-corrected chi connectivity index (χ4v) is 13.5. The van der Waals surface area contributed by atoms with Gasteiger partial charge < -0.3 is 9.47 Å². The maximum atomic E-state index is 9.22. The van der Waals surface area contributed by atoms with Gasteiger partial charge in [-0.3, -0.25) is 0 Å². The number of methoxy groups -OCH3 is 2. The lowest BCUT2D eigenvalue weighted by Crippen LogP contribution is -2.16. The number of nitriles is 4. The molecule has 0 spiro atoms. The van der Waals surface area contributed by atoms with E-state index in [0.29, 0.717) is 21.5 Å². The number of rotatable bonds is 6. The van der Waals surface area contributed by atoms with Gasteiger partial charge in [0.25, 0.3) is 0 Å². The molecule has 0 saturated heterocycles. The van der Waals surface area contributed by atoms with Gasteiger partial charge in [0.2, 0.25) is 11.4 Å². The second kappa shape index (κ2) is 11.0. The molecule has 5 heterocycles. The van der Waals surface area contributed by atoms with E-state index in [4.69, 9.17) is 9.47 Å². The lowest BCUT2D eigenvalue weighted by molar-refractivity contribution is 0.415. The zero-order chi connectivity index (χ0) is 33.4. The second-order valence-corrected chi connectivity index (χ2v) is 17.0. The number of hydrogen-bond acceptors (Lipinski definition) is 13.